The van der Waals surface area contributed by atoms with E-state index >= 15 is 0 Å². The first kappa shape index (κ1) is 17.2. The fourth-order valence-electron chi connectivity index (χ4n) is 2.65. The molecule has 2 atom stereocenters. The van der Waals surface area contributed by atoms with Gasteiger partial charge in [0.25, 0.3) is 0 Å². The number of allylic oxidation sites excluding steroid dienone is 1. The number of nitrogens with zero attached hydrogens (tertiary/aromatic N) is 2. The summed E-state index contributed by atoms with van der Waals surface area (Å²) in [6.07, 6.45) is 2.92. The minimum Gasteiger partial charge on any atom is -0.379 e. The second-order valence-electron chi connectivity index (χ2n) is 6.36. The molecule has 0 saturated carbocycles. The highest BCUT2D eigenvalue weighted by Gasteiger charge is 2.29. The first-order valence-electron chi connectivity index (χ1n) is 8.13. The zero-order valence-electron chi connectivity index (χ0n) is 14.0. The molecule has 1 N–H and O–H groups in total. The molecule has 2 saturated heterocycles. The van der Waals surface area contributed by atoms with Gasteiger partial charge in [-0.3, -0.25) is 0 Å². The van der Waals surface area contributed by atoms with Crippen LogP contribution in [-0.4, -0.2) is 81.0 Å². The molecule has 126 valence electrons. The summed E-state index contributed by atoms with van der Waals surface area (Å²) in [7, 11) is 2.08. The van der Waals surface area contributed by atoms with Gasteiger partial charge in [-0.2, -0.15) is 0 Å². The summed E-state index contributed by atoms with van der Waals surface area (Å²) >= 11 is 0. The average molecular weight is 311 g/mol. The van der Waals surface area contributed by atoms with Crippen molar-refractivity contribution in [3.8, 4) is 0 Å². The number of piperazine rings is 1. The van der Waals surface area contributed by atoms with Gasteiger partial charge in [-0.05, 0) is 27.3 Å². The standard InChI is InChI=1S/C16H29N3O3/c1-13(2)4-11-22-15-5-10-21-12-14(15)17-16(20)19-8-6-18(3)7-9-19/h4,14-15H,5-12H2,1-3H3,(H,17,20)/t14-,15+/m1/s1. The number of hydrogen-bond acceptors (Lipinski definition) is 4. The molecule has 0 aromatic heterocycles. The molecular weight excluding hydrogens is 282 g/mol. The van der Waals surface area contributed by atoms with Crippen LogP contribution in [0, 0.1) is 0 Å². The van der Waals surface area contributed by atoms with Crippen LogP contribution in [0.15, 0.2) is 11.6 Å². The van der Waals surface area contributed by atoms with Crippen molar-refractivity contribution in [2.45, 2.75) is 32.4 Å². The number of nitrogens with one attached hydrogen (secondary N) is 1. The predicted octanol–water partition coefficient (Wildman–Crippen LogP) is 1.08. The van der Waals surface area contributed by atoms with E-state index in [4.69, 9.17) is 9.47 Å². The zero-order chi connectivity index (χ0) is 15.9. The smallest absolute Gasteiger partial charge is 0.317 e. The monoisotopic (exact) mass is 311 g/mol. The van der Waals surface area contributed by atoms with Crippen LogP contribution in [-0.2, 0) is 9.47 Å². The minimum atomic E-state index is -0.0635. The molecule has 2 fully saturated rings. The molecule has 2 heterocycles. The molecule has 0 aliphatic carbocycles. The topological polar surface area (TPSA) is 54.0 Å². The summed E-state index contributed by atoms with van der Waals surface area (Å²) in [6.45, 7) is 9.33. The van der Waals surface area contributed by atoms with Crippen LogP contribution < -0.4 is 5.32 Å². The lowest BCUT2D eigenvalue weighted by Crippen LogP contribution is -2.57. The van der Waals surface area contributed by atoms with Gasteiger partial charge >= 0.3 is 6.03 Å². The Morgan fingerprint density at radius 3 is 2.73 bits per heavy atom. The van der Waals surface area contributed by atoms with Crippen molar-refractivity contribution in [2.24, 2.45) is 0 Å². The van der Waals surface area contributed by atoms with Crippen molar-refractivity contribution in [3.05, 3.63) is 11.6 Å². The Hall–Kier alpha value is -1.11. The number of amides is 2. The van der Waals surface area contributed by atoms with E-state index in [2.05, 4.69) is 37.2 Å². The summed E-state index contributed by atoms with van der Waals surface area (Å²) in [5, 5.41) is 3.09. The van der Waals surface area contributed by atoms with E-state index in [9.17, 15) is 4.79 Å². The molecule has 2 aliphatic rings. The van der Waals surface area contributed by atoms with Crippen molar-refractivity contribution in [1.82, 2.24) is 15.1 Å². The van der Waals surface area contributed by atoms with Gasteiger partial charge in [-0.1, -0.05) is 11.6 Å². The third-order valence-electron chi connectivity index (χ3n) is 4.19. The summed E-state index contributed by atoms with van der Waals surface area (Å²) in [5.74, 6) is 0. The maximum absolute atomic E-state index is 12.4. The van der Waals surface area contributed by atoms with E-state index in [0.717, 1.165) is 32.6 Å². The van der Waals surface area contributed by atoms with Crippen molar-refractivity contribution in [2.75, 3.05) is 53.0 Å². The molecule has 6 nitrogen and oxygen atoms in total. The van der Waals surface area contributed by atoms with E-state index in [1.165, 1.54) is 5.57 Å². The molecule has 0 radical (unpaired) electrons. The van der Waals surface area contributed by atoms with Gasteiger partial charge in [0.1, 0.15) is 0 Å². The molecule has 2 rings (SSSR count). The predicted molar refractivity (Wildman–Crippen MR) is 86.0 cm³/mol. The highest BCUT2D eigenvalue weighted by atomic mass is 16.5. The van der Waals surface area contributed by atoms with Crippen LogP contribution in [0.1, 0.15) is 20.3 Å². The normalized spacial score (nSPS) is 26.6. The third kappa shape index (κ3) is 5.26. The van der Waals surface area contributed by atoms with Crippen molar-refractivity contribution in [3.63, 3.8) is 0 Å². The quantitative estimate of drug-likeness (QED) is 0.790. The summed E-state index contributed by atoms with van der Waals surface area (Å²) in [5.41, 5.74) is 1.24. The Kier molecular flexibility index (Phi) is 6.67. The second-order valence-corrected chi connectivity index (χ2v) is 6.36. The third-order valence-corrected chi connectivity index (χ3v) is 4.19. The highest BCUT2D eigenvalue weighted by Crippen LogP contribution is 2.13. The first-order valence-corrected chi connectivity index (χ1v) is 8.13. The number of carbonyl (C=O) groups excluding carboxylic acids is 1. The minimum absolute atomic E-state index is 0.000542. The Morgan fingerprint density at radius 1 is 1.32 bits per heavy atom. The maximum Gasteiger partial charge on any atom is 0.317 e. The second kappa shape index (κ2) is 8.50. The number of likely N-dealkylation sites (N-methyl/N-ethyl adjacent to an activating group) is 1. The van der Waals surface area contributed by atoms with Crippen LogP contribution in [0.5, 0.6) is 0 Å². The molecule has 6 heteroatoms. The molecule has 2 amide bonds. The SMILES string of the molecule is CC(C)=CCO[C@H]1CCOC[C@H]1NC(=O)N1CCN(C)CC1. The first-order chi connectivity index (χ1) is 10.6. The van der Waals surface area contributed by atoms with Gasteiger partial charge in [0.2, 0.25) is 0 Å². The zero-order valence-corrected chi connectivity index (χ0v) is 14.0. The number of hydrogen-bond donors (Lipinski definition) is 1. The van der Waals surface area contributed by atoms with E-state index in [-0.39, 0.29) is 18.2 Å². The van der Waals surface area contributed by atoms with Gasteiger partial charge in [-0.15, -0.1) is 0 Å². The van der Waals surface area contributed by atoms with Crippen molar-refractivity contribution < 1.29 is 14.3 Å². The molecule has 22 heavy (non-hydrogen) atoms. The van der Waals surface area contributed by atoms with Crippen LogP contribution >= 0.6 is 0 Å². The van der Waals surface area contributed by atoms with Crippen LogP contribution in [0.3, 0.4) is 0 Å². The van der Waals surface area contributed by atoms with Crippen molar-refractivity contribution in [1.29, 1.82) is 0 Å². The lowest BCUT2D eigenvalue weighted by molar-refractivity contribution is -0.0457. The molecule has 2 aliphatic heterocycles. The molecular formula is C16H29N3O3. The fourth-order valence-corrected chi connectivity index (χ4v) is 2.65. The van der Waals surface area contributed by atoms with E-state index in [1.54, 1.807) is 0 Å². The summed E-state index contributed by atoms with van der Waals surface area (Å²) < 4.78 is 11.4. The van der Waals surface area contributed by atoms with E-state index < -0.39 is 0 Å². The molecule has 0 aromatic rings. The average Bonchev–Trinajstić information content (AvgIpc) is 2.49. The Labute approximate surface area is 133 Å². The lowest BCUT2D eigenvalue weighted by Gasteiger charge is -2.36. The molecule has 0 bridgehead atoms. The van der Waals surface area contributed by atoms with Crippen LogP contribution in [0.4, 0.5) is 4.79 Å². The van der Waals surface area contributed by atoms with Gasteiger partial charge in [0, 0.05) is 32.8 Å². The van der Waals surface area contributed by atoms with Crippen LogP contribution in [0.2, 0.25) is 0 Å². The van der Waals surface area contributed by atoms with Gasteiger partial charge < -0.3 is 24.6 Å². The van der Waals surface area contributed by atoms with Gasteiger partial charge in [0.15, 0.2) is 0 Å². The molecule has 0 spiro atoms. The van der Waals surface area contributed by atoms with Gasteiger partial charge in [0.05, 0.1) is 25.4 Å². The highest BCUT2D eigenvalue weighted by molar-refractivity contribution is 5.74. The number of urea groups is 1. The van der Waals surface area contributed by atoms with E-state index in [0.29, 0.717) is 19.8 Å². The van der Waals surface area contributed by atoms with E-state index in [1.807, 2.05) is 4.90 Å². The Bertz CT molecular complexity index is 388. The molecule has 0 aromatic carbocycles. The Morgan fingerprint density at radius 2 is 2.05 bits per heavy atom. The number of carbonyl (C=O) groups is 1. The fraction of sp³-hybridized carbons (Fsp3) is 0.812. The maximum atomic E-state index is 12.4. The number of rotatable bonds is 4. The Balaban J connectivity index is 1.82. The summed E-state index contributed by atoms with van der Waals surface area (Å²) in [6, 6.07) is -0.0640. The number of ether oxygens (including phenoxy) is 2. The lowest BCUT2D eigenvalue weighted by atomic mass is 10.1. The van der Waals surface area contributed by atoms with Crippen molar-refractivity contribution >= 4 is 6.03 Å². The van der Waals surface area contributed by atoms with Gasteiger partial charge in [-0.25, -0.2) is 4.79 Å². The summed E-state index contributed by atoms with van der Waals surface area (Å²) in [4.78, 5) is 16.5. The largest absolute Gasteiger partial charge is 0.379 e. The molecule has 0 unspecified atom stereocenters. The van der Waals surface area contributed by atoms with Crippen LogP contribution in [0.25, 0.3) is 0 Å².